The van der Waals surface area contributed by atoms with Gasteiger partial charge in [0.2, 0.25) is 0 Å². The van der Waals surface area contributed by atoms with Crippen LogP contribution in [0, 0.1) is 13.8 Å². The van der Waals surface area contributed by atoms with Crippen molar-refractivity contribution < 1.29 is 9.47 Å². The van der Waals surface area contributed by atoms with Crippen LogP contribution in [0.2, 0.25) is 0 Å². The maximum Gasteiger partial charge on any atom is 0.191 e. The summed E-state index contributed by atoms with van der Waals surface area (Å²) < 4.78 is 13.7. The van der Waals surface area contributed by atoms with Gasteiger partial charge in [-0.05, 0) is 77.5 Å². The molecular formula is C25H40IN5O2. The van der Waals surface area contributed by atoms with E-state index in [1.165, 1.54) is 24.1 Å². The van der Waals surface area contributed by atoms with Gasteiger partial charge in [0.25, 0.3) is 0 Å². The summed E-state index contributed by atoms with van der Waals surface area (Å²) >= 11 is 0. The molecule has 0 radical (unpaired) electrons. The number of ether oxygens (including phenoxy) is 2. The smallest absolute Gasteiger partial charge is 0.191 e. The predicted molar refractivity (Wildman–Crippen MR) is 145 cm³/mol. The first-order valence-electron chi connectivity index (χ1n) is 11.8. The molecule has 184 valence electrons. The standard InChI is InChI=1S/C25H39N5O2.HI/c1-7-26-25(28-17(2)14-23-18(3)29-30(5)19(23)4)27-16-20-12-13-22(31-6)15-24(20)32-21-10-8-9-11-21;/h12-13,15,17,21H,7-11,14,16H2,1-6H3,(H2,26,27,28);1H. The van der Waals surface area contributed by atoms with Crippen molar-refractivity contribution in [1.82, 2.24) is 20.4 Å². The number of aryl methyl sites for hydroxylation is 2. The van der Waals surface area contributed by atoms with E-state index in [-0.39, 0.29) is 30.0 Å². The van der Waals surface area contributed by atoms with E-state index in [4.69, 9.17) is 14.5 Å². The molecule has 0 saturated heterocycles. The van der Waals surface area contributed by atoms with Crippen LogP contribution < -0.4 is 20.1 Å². The molecule has 0 bridgehead atoms. The Morgan fingerprint density at radius 3 is 2.61 bits per heavy atom. The van der Waals surface area contributed by atoms with E-state index in [2.05, 4.69) is 49.5 Å². The molecule has 1 aromatic heterocycles. The summed E-state index contributed by atoms with van der Waals surface area (Å²) in [4.78, 5) is 4.86. The molecule has 33 heavy (non-hydrogen) atoms. The van der Waals surface area contributed by atoms with Gasteiger partial charge in [-0.3, -0.25) is 4.68 Å². The lowest BCUT2D eigenvalue weighted by atomic mass is 10.1. The van der Waals surface area contributed by atoms with Crippen molar-refractivity contribution in [2.24, 2.45) is 12.0 Å². The van der Waals surface area contributed by atoms with Crippen molar-refractivity contribution in [2.45, 2.75) is 78.5 Å². The molecule has 1 aromatic carbocycles. The first kappa shape index (κ1) is 27.3. The van der Waals surface area contributed by atoms with Crippen LogP contribution in [-0.2, 0) is 20.0 Å². The van der Waals surface area contributed by atoms with Crippen LogP contribution in [0.5, 0.6) is 11.5 Å². The summed E-state index contributed by atoms with van der Waals surface area (Å²) in [6, 6.07) is 6.24. The van der Waals surface area contributed by atoms with Crippen LogP contribution in [0.3, 0.4) is 0 Å². The maximum absolute atomic E-state index is 6.33. The number of rotatable bonds is 9. The molecule has 1 saturated carbocycles. The zero-order valence-electron chi connectivity index (χ0n) is 20.9. The van der Waals surface area contributed by atoms with Crippen molar-refractivity contribution >= 4 is 29.9 Å². The Hall–Kier alpha value is -1.97. The van der Waals surface area contributed by atoms with E-state index < -0.39 is 0 Å². The number of nitrogens with zero attached hydrogens (tertiary/aromatic N) is 3. The number of guanidine groups is 1. The van der Waals surface area contributed by atoms with Crippen molar-refractivity contribution in [3.63, 3.8) is 0 Å². The molecule has 7 nitrogen and oxygen atoms in total. The van der Waals surface area contributed by atoms with Crippen LogP contribution in [0.15, 0.2) is 23.2 Å². The van der Waals surface area contributed by atoms with Gasteiger partial charge in [-0.1, -0.05) is 0 Å². The minimum atomic E-state index is 0. The van der Waals surface area contributed by atoms with Crippen molar-refractivity contribution in [3.05, 3.63) is 40.7 Å². The summed E-state index contributed by atoms with van der Waals surface area (Å²) in [5.74, 6) is 2.50. The number of halogens is 1. The van der Waals surface area contributed by atoms with E-state index >= 15 is 0 Å². The summed E-state index contributed by atoms with van der Waals surface area (Å²) in [5.41, 5.74) is 4.67. The van der Waals surface area contributed by atoms with Gasteiger partial charge in [-0.15, -0.1) is 24.0 Å². The quantitative estimate of drug-likeness (QED) is 0.261. The molecule has 2 aromatic rings. The second kappa shape index (κ2) is 13.1. The Balaban J connectivity index is 0.00000385. The molecular weight excluding hydrogens is 529 g/mol. The first-order valence-corrected chi connectivity index (χ1v) is 11.8. The molecule has 0 aliphatic heterocycles. The Bertz CT molecular complexity index is 922. The second-order valence-electron chi connectivity index (χ2n) is 8.72. The topological polar surface area (TPSA) is 72.7 Å². The van der Waals surface area contributed by atoms with Crippen LogP contribution >= 0.6 is 24.0 Å². The molecule has 1 aliphatic rings. The molecule has 2 N–H and O–H groups in total. The number of aromatic nitrogens is 2. The number of methoxy groups -OCH3 is 1. The second-order valence-corrected chi connectivity index (χ2v) is 8.72. The lowest BCUT2D eigenvalue weighted by Gasteiger charge is -2.19. The van der Waals surface area contributed by atoms with Crippen LogP contribution in [0.1, 0.15) is 62.0 Å². The third-order valence-electron chi connectivity index (χ3n) is 6.17. The average molecular weight is 570 g/mol. The Morgan fingerprint density at radius 2 is 2.00 bits per heavy atom. The average Bonchev–Trinajstić information content (AvgIpc) is 3.36. The summed E-state index contributed by atoms with van der Waals surface area (Å²) in [7, 11) is 3.68. The summed E-state index contributed by atoms with van der Waals surface area (Å²) in [6.07, 6.45) is 5.91. The number of hydrogen-bond acceptors (Lipinski definition) is 4. The van der Waals surface area contributed by atoms with Gasteiger partial charge in [-0.2, -0.15) is 5.10 Å². The fourth-order valence-corrected chi connectivity index (χ4v) is 4.28. The van der Waals surface area contributed by atoms with Gasteiger partial charge in [0, 0.05) is 37.0 Å². The predicted octanol–water partition coefficient (Wildman–Crippen LogP) is 4.67. The normalized spacial score (nSPS) is 15.2. The Morgan fingerprint density at radius 1 is 1.27 bits per heavy atom. The molecule has 3 rings (SSSR count). The van der Waals surface area contributed by atoms with Gasteiger partial charge in [0.1, 0.15) is 11.5 Å². The molecule has 1 fully saturated rings. The molecule has 1 unspecified atom stereocenters. The first-order chi connectivity index (χ1) is 15.4. The number of hydrogen-bond donors (Lipinski definition) is 2. The van der Waals surface area contributed by atoms with Crippen molar-refractivity contribution in [3.8, 4) is 11.5 Å². The van der Waals surface area contributed by atoms with Gasteiger partial charge >= 0.3 is 0 Å². The highest BCUT2D eigenvalue weighted by Crippen LogP contribution is 2.30. The highest BCUT2D eigenvalue weighted by atomic mass is 127. The van der Waals surface area contributed by atoms with Crippen LogP contribution in [-0.4, -0.2) is 41.5 Å². The number of benzene rings is 1. The Kier molecular flexibility index (Phi) is 10.8. The third kappa shape index (κ3) is 7.52. The number of aliphatic imine (C=N–C) groups is 1. The zero-order valence-corrected chi connectivity index (χ0v) is 23.2. The molecule has 1 atom stereocenters. The lowest BCUT2D eigenvalue weighted by molar-refractivity contribution is 0.207. The molecule has 0 spiro atoms. The highest BCUT2D eigenvalue weighted by Gasteiger charge is 2.19. The van der Waals surface area contributed by atoms with E-state index in [1.54, 1.807) is 7.11 Å². The van der Waals surface area contributed by atoms with Gasteiger partial charge < -0.3 is 20.1 Å². The van der Waals surface area contributed by atoms with Crippen LogP contribution in [0.25, 0.3) is 0 Å². The Labute approximate surface area is 215 Å². The van der Waals surface area contributed by atoms with Crippen LogP contribution in [0.4, 0.5) is 0 Å². The van der Waals surface area contributed by atoms with Gasteiger partial charge in [0.15, 0.2) is 5.96 Å². The SMILES string of the molecule is CCNC(=NCc1ccc(OC)cc1OC1CCCC1)NC(C)Cc1c(C)nn(C)c1C.I. The molecule has 1 aliphatic carbocycles. The monoisotopic (exact) mass is 569 g/mol. The number of nitrogens with one attached hydrogen (secondary N) is 2. The van der Waals surface area contributed by atoms with E-state index in [9.17, 15) is 0 Å². The van der Waals surface area contributed by atoms with Gasteiger partial charge in [-0.25, -0.2) is 4.99 Å². The van der Waals surface area contributed by atoms with Crippen molar-refractivity contribution in [1.29, 1.82) is 0 Å². The highest BCUT2D eigenvalue weighted by molar-refractivity contribution is 14.0. The van der Waals surface area contributed by atoms with E-state index in [0.717, 1.165) is 54.5 Å². The summed E-state index contributed by atoms with van der Waals surface area (Å²) in [5, 5.41) is 11.5. The van der Waals surface area contributed by atoms with E-state index in [0.29, 0.717) is 12.6 Å². The minimum absolute atomic E-state index is 0. The lowest BCUT2D eigenvalue weighted by Crippen LogP contribution is -2.43. The largest absolute Gasteiger partial charge is 0.497 e. The third-order valence-corrected chi connectivity index (χ3v) is 6.17. The van der Waals surface area contributed by atoms with E-state index in [1.807, 2.05) is 23.9 Å². The molecule has 8 heteroatoms. The molecule has 0 amide bonds. The molecule has 1 heterocycles. The maximum atomic E-state index is 6.33. The fraction of sp³-hybridized carbons (Fsp3) is 0.600. The zero-order chi connectivity index (χ0) is 23.1. The summed E-state index contributed by atoms with van der Waals surface area (Å²) in [6.45, 7) is 9.80. The van der Waals surface area contributed by atoms with Crippen molar-refractivity contribution in [2.75, 3.05) is 13.7 Å². The van der Waals surface area contributed by atoms with Gasteiger partial charge in [0.05, 0.1) is 25.5 Å². The minimum Gasteiger partial charge on any atom is -0.497 e. The fourth-order valence-electron chi connectivity index (χ4n) is 4.28.